The highest BCUT2D eigenvalue weighted by molar-refractivity contribution is 5.55. The van der Waals surface area contributed by atoms with Crippen molar-refractivity contribution in [3.05, 3.63) is 29.8 Å². The quantitative estimate of drug-likeness (QED) is 0.748. The standard InChI is InChI=1S/C17H31N3/c1-6-16(18-3)15-11-8-9-12-17(15)20(7-2)14-10-13-19(4)5/h8-9,11-12,16,18H,6-7,10,13-14H2,1-5H3. The highest BCUT2D eigenvalue weighted by atomic mass is 15.1. The zero-order valence-electron chi connectivity index (χ0n) is 13.8. The van der Waals surface area contributed by atoms with Crippen molar-refractivity contribution in [3.63, 3.8) is 0 Å². The van der Waals surface area contributed by atoms with Crippen LogP contribution >= 0.6 is 0 Å². The lowest BCUT2D eigenvalue weighted by atomic mass is 10.0. The number of rotatable bonds is 9. The summed E-state index contributed by atoms with van der Waals surface area (Å²) in [5, 5.41) is 3.43. The van der Waals surface area contributed by atoms with E-state index in [2.05, 4.69) is 67.3 Å². The van der Waals surface area contributed by atoms with Crippen LogP contribution in [-0.4, -0.2) is 45.7 Å². The normalized spacial score (nSPS) is 12.7. The van der Waals surface area contributed by atoms with Crippen molar-refractivity contribution in [2.75, 3.05) is 45.7 Å². The highest BCUT2D eigenvalue weighted by Crippen LogP contribution is 2.28. The van der Waals surface area contributed by atoms with Gasteiger partial charge in [-0.1, -0.05) is 25.1 Å². The average molecular weight is 277 g/mol. The van der Waals surface area contributed by atoms with Crippen LogP contribution in [0.1, 0.15) is 38.3 Å². The Morgan fingerprint density at radius 3 is 2.35 bits per heavy atom. The Kier molecular flexibility index (Phi) is 7.63. The fourth-order valence-corrected chi connectivity index (χ4v) is 2.68. The minimum Gasteiger partial charge on any atom is -0.371 e. The molecule has 3 heteroatoms. The van der Waals surface area contributed by atoms with Gasteiger partial charge in [0, 0.05) is 24.8 Å². The number of para-hydroxylation sites is 1. The molecule has 0 saturated heterocycles. The second kappa shape index (κ2) is 8.98. The monoisotopic (exact) mass is 277 g/mol. The molecule has 1 rings (SSSR count). The van der Waals surface area contributed by atoms with E-state index in [1.807, 2.05) is 7.05 Å². The summed E-state index contributed by atoms with van der Waals surface area (Å²) in [5.41, 5.74) is 2.80. The van der Waals surface area contributed by atoms with E-state index >= 15 is 0 Å². The number of nitrogens with zero attached hydrogens (tertiary/aromatic N) is 2. The number of anilines is 1. The molecule has 0 spiro atoms. The lowest BCUT2D eigenvalue weighted by Crippen LogP contribution is -2.29. The van der Waals surface area contributed by atoms with E-state index in [4.69, 9.17) is 0 Å². The first kappa shape index (κ1) is 17.0. The van der Waals surface area contributed by atoms with Gasteiger partial charge in [-0.15, -0.1) is 0 Å². The Bertz CT molecular complexity index is 372. The van der Waals surface area contributed by atoms with Crippen molar-refractivity contribution < 1.29 is 0 Å². The Morgan fingerprint density at radius 2 is 1.80 bits per heavy atom. The van der Waals surface area contributed by atoms with Crippen molar-refractivity contribution in [2.45, 2.75) is 32.7 Å². The summed E-state index contributed by atoms with van der Waals surface area (Å²) < 4.78 is 0. The molecule has 0 radical (unpaired) electrons. The van der Waals surface area contributed by atoms with Gasteiger partial charge >= 0.3 is 0 Å². The molecule has 0 saturated carbocycles. The van der Waals surface area contributed by atoms with Crippen LogP contribution in [-0.2, 0) is 0 Å². The van der Waals surface area contributed by atoms with Gasteiger partial charge in [0.25, 0.3) is 0 Å². The molecule has 3 nitrogen and oxygen atoms in total. The zero-order chi connectivity index (χ0) is 15.0. The summed E-state index contributed by atoms with van der Waals surface area (Å²) in [6.07, 6.45) is 2.31. The molecule has 0 fully saturated rings. The van der Waals surface area contributed by atoms with Crippen LogP contribution in [0.4, 0.5) is 5.69 Å². The van der Waals surface area contributed by atoms with Gasteiger partial charge in [0.1, 0.15) is 0 Å². The van der Waals surface area contributed by atoms with Crippen molar-refractivity contribution in [1.29, 1.82) is 0 Å². The second-order valence-corrected chi connectivity index (χ2v) is 5.54. The molecule has 1 atom stereocenters. The van der Waals surface area contributed by atoms with Crippen molar-refractivity contribution in [3.8, 4) is 0 Å². The largest absolute Gasteiger partial charge is 0.371 e. The maximum Gasteiger partial charge on any atom is 0.0414 e. The fourth-order valence-electron chi connectivity index (χ4n) is 2.68. The topological polar surface area (TPSA) is 18.5 Å². The van der Waals surface area contributed by atoms with Crippen LogP contribution in [0.2, 0.25) is 0 Å². The zero-order valence-corrected chi connectivity index (χ0v) is 13.8. The average Bonchev–Trinajstić information content (AvgIpc) is 2.45. The van der Waals surface area contributed by atoms with Crippen molar-refractivity contribution in [2.24, 2.45) is 0 Å². The summed E-state index contributed by atoms with van der Waals surface area (Å²) in [6, 6.07) is 9.25. The second-order valence-electron chi connectivity index (χ2n) is 5.54. The molecule has 1 N–H and O–H groups in total. The summed E-state index contributed by atoms with van der Waals surface area (Å²) in [7, 11) is 6.32. The van der Waals surface area contributed by atoms with Gasteiger partial charge in [-0.3, -0.25) is 0 Å². The first-order valence-electron chi connectivity index (χ1n) is 7.79. The lowest BCUT2D eigenvalue weighted by molar-refractivity contribution is 0.400. The third kappa shape index (κ3) is 4.80. The predicted octanol–water partition coefficient (Wildman–Crippen LogP) is 3.14. The first-order valence-corrected chi connectivity index (χ1v) is 7.79. The summed E-state index contributed by atoms with van der Waals surface area (Å²) in [4.78, 5) is 4.75. The minimum absolute atomic E-state index is 0.439. The molecular weight excluding hydrogens is 246 g/mol. The minimum atomic E-state index is 0.439. The van der Waals surface area contributed by atoms with E-state index < -0.39 is 0 Å². The molecule has 0 aliphatic carbocycles. The van der Waals surface area contributed by atoms with Crippen LogP contribution in [0.25, 0.3) is 0 Å². The van der Waals surface area contributed by atoms with Gasteiger partial charge < -0.3 is 15.1 Å². The van der Waals surface area contributed by atoms with Gasteiger partial charge in [0.2, 0.25) is 0 Å². The Balaban J connectivity index is 2.85. The van der Waals surface area contributed by atoms with Gasteiger partial charge in [-0.25, -0.2) is 0 Å². The van der Waals surface area contributed by atoms with E-state index in [1.54, 1.807) is 0 Å². The number of hydrogen-bond donors (Lipinski definition) is 1. The van der Waals surface area contributed by atoms with Gasteiger partial charge in [-0.2, -0.15) is 0 Å². The van der Waals surface area contributed by atoms with Gasteiger partial charge in [-0.05, 0) is 59.1 Å². The molecule has 1 unspecified atom stereocenters. The molecule has 0 heterocycles. The molecule has 0 aliphatic rings. The molecule has 0 aliphatic heterocycles. The molecule has 1 aromatic rings. The Labute approximate surface area is 125 Å². The summed E-state index contributed by atoms with van der Waals surface area (Å²) >= 11 is 0. The van der Waals surface area contributed by atoms with Crippen molar-refractivity contribution >= 4 is 5.69 Å². The Hall–Kier alpha value is -1.06. The van der Waals surface area contributed by atoms with E-state index in [1.165, 1.54) is 17.7 Å². The van der Waals surface area contributed by atoms with Gasteiger partial charge in [0.05, 0.1) is 0 Å². The number of nitrogens with one attached hydrogen (secondary N) is 1. The maximum absolute atomic E-state index is 3.43. The predicted molar refractivity (Wildman–Crippen MR) is 89.6 cm³/mol. The molecule has 0 aromatic heterocycles. The van der Waals surface area contributed by atoms with Crippen LogP contribution in [0, 0.1) is 0 Å². The number of hydrogen-bond acceptors (Lipinski definition) is 3. The maximum atomic E-state index is 3.43. The third-order valence-electron chi connectivity index (χ3n) is 3.82. The van der Waals surface area contributed by atoms with E-state index in [9.17, 15) is 0 Å². The highest BCUT2D eigenvalue weighted by Gasteiger charge is 2.15. The molecule has 0 amide bonds. The van der Waals surface area contributed by atoms with Crippen LogP contribution < -0.4 is 10.2 Å². The van der Waals surface area contributed by atoms with Crippen LogP contribution in [0.15, 0.2) is 24.3 Å². The lowest BCUT2D eigenvalue weighted by Gasteiger charge is -2.29. The smallest absolute Gasteiger partial charge is 0.0414 e. The molecule has 114 valence electrons. The fraction of sp³-hybridized carbons (Fsp3) is 0.647. The van der Waals surface area contributed by atoms with Gasteiger partial charge in [0.15, 0.2) is 0 Å². The summed E-state index contributed by atoms with van der Waals surface area (Å²) in [5.74, 6) is 0. The third-order valence-corrected chi connectivity index (χ3v) is 3.82. The molecule has 20 heavy (non-hydrogen) atoms. The summed E-state index contributed by atoms with van der Waals surface area (Å²) in [6.45, 7) is 7.80. The van der Waals surface area contributed by atoms with Crippen LogP contribution in [0.5, 0.6) is 0 Å². The first-order chi connectivity index (χ1) is 9.63. The SMILES string of the molecule is CCC(NC)c1ccccc1N(CC)CCCN(C)C. The molecule has 0 bridgehead atoms. The van der Waals surface area contributed by atoms with Crippen molar-refractivity contribution in [1.82, 2.24) is 10.2 Å². The van der Waals surface area contributed by atoms with Crippen LogP contribution in [0.3, 0.4) is 0 Å². The van der Waals surface area contributed by atoms with E-state index in [-0.39, 0.29) is 0 Å². The molecule has 1 aromatic carbocycles. The molecular formula is C17H31N3. The number of benzene rings is 1. The van der Waals surface area contributed by atoms with E-state index in [0.717, 1.165) is 26.1 Å². The Morgan fingerprint density at radius 1 is 1.10 bits per heavy atom. The van der Waals surface area contributed by atoms with E-state index in [0.29, 0.717) is 6.04 Å².